The summed E-state index contributed by atoms with van der Waals surface area (Å²) in [4.78, 5) is 17.4. The van der Waals surface area contributed by atoms with Crippen molar-refractivity contribution in [2.45, 2.75) is 27.3 Å². The summed E-state index contributed by atoms with van der Waals surface area (Å²) in [6.45, 7) is 6.65. The third-order valence-electron chi connectivity index (χ3n) is 4.71. The van der Waals surface area contributed by atoms with E-state index < -0.39 is 0 Å². The number of aryl methyl sites for hydroxylation is 3. The molecular weight excluding hydrogens is 373 g/mol. The number of aromatic nitrogens is 4. The fourth-order valence-electron chi connectivity index (χ4n) is 3.31. The van der Waals surface area contributed by atoms with Crippen LogP contribution in [-0.2, 0) is 6.54 Å². The molecule has 0 aliphatic rings. The lowest BCUT2D eigenvalue weighted by Crippen LogP contribution is -2.28. The molecule has 0 unspecified atom stereocenters. The van der Waals surface area contributed by atoms with Crippen LogP contribution in [0.15, 0.2) is 40.9 Å². The highest BCUT2D eigenvalue weighted by Crippen LogP contribution is 2.27. The number of benzene rings is 1. The first-order valence-corrected chi connectivity index (χ1v) is 9.24. The van der Waals surface area contributed by atoms with Crippen molar-refractivity contribution in [3.05, 3.63) is 64.9 Å². The lowest BCUT2D eigenvalue weighted by Gasteiger charge is -2.09. The molecule has 4 aromatic rings. The highest BCUT2D eigenvalue weighted by molar-refractivity contribution is 6.06. The minimum Gasteiger partial charge on any atom is -0.350 e. The second-order valence-electron chi connectivity index (χ2n) is 6.92. The van der Waals surface area contributed by atoms with Gasteiger partial charge in [0, 0.05) is 17.8 Å². The quantitative estimate of drug-likeness (QED) is 0.560. The molecular formula is C21H20FN5O2. The van der Waals surface area contributed by atoms with E-state index in [4.69, 9.17) is 4.52 Å². The molecule has 7 nitrogen and oxygen atoms in total. The molecule has 4 rings (SSSR count). The number of fused-ring (bicyclic) bond motifs is 1. The van der Waals surface area contributed by atoms with Crippen molar-refractivity contribution in [2.24, 2.45) is 0 Å². The van der Waals surface area contributed by atoms with E-state index in [1.807, 2.05) is 24.6 Å². The van der Waals surface area contributed by atoms with Crippen molar-refractivity contribution >= 4 is 17.0 Å². The number of halogens is 1. The Morgan fingerprint density at radius 1 is 1.17 bits per heavy atom. The van der Waals surface area contributed by atoms with Gasteiger partial charge in [-0.15, -0.1) is 0 Å². The molecule has 0 saturated heterocycles. The van der Waals surface area contributed by atoms with Gasteiger partial charge >= 0.3 is 0 Å². The second kappa shape index (κ2) is 7.46. The number of amides is 1. The summed E-state index contributed by atoms with van der Waals surface area (Å²) in [5.74, 6) is -0.596. The van der Waals surface area contributed by atoms with Gasteiger partial charge in [0.2, 0.25) is 0 Å². The average molecular weight is 393 g/mol. The summed E-state index contributed by atoms with van der Waals surface area (Å²) in [6.07, 6.45) is 0. The molecule has 0 saturated carbocycles. The van der Waals surface area contributed by atoms with E-state index in [0.29, 0.717) is 41.0 Å². The topological polar surface area (TPSA) is 85.8 Å². The summed E-state index contributed by atoms with van der Waals surface area (Å²) < 4.78 is 20.4. The molecule has 3 heterocycles. The second-order valence-corrected chi connectivity index (χ2v) is 6.92. The lowest BCUT2D eigenvalue weighted by molar-refractivity contribution is 0.0953. The molecule has 0 radical (unpaired) electrons. The first kappa shape index (κ1) is 18.8. The summed E-state index contributed by atoms with van der Waals surface area (Å²) in [6, 6.07) is 9.58. The van der Waals surface area contributed by atoms with Gasteiger partial charge in [0.25, 0.3) is 11.6 Å². The molecule has 148 valence electrons. The zero-order chi connectivity index (χ0) is 20.5. The van der Waals surface area contributed by atoms with Gasteiger partial charge in [0.15, 0.2) is 0 Å². The minimum absolute atomic E-state index is 0.256. The SMILES string of the molecule is Cc1cc(C)n(CCNC(=O)c2cc(-c3ccc(F)cc3)nc3onc(C)c23)n1. The van der Waals surface area contributed by atoms with Crippen LogP contribution in [0.4, 0.5) is 4.39 Å². The Bertz CT molecular complexity index is 1190. The van der Waals surface area contributed by atoms with E-state index in [1.54, 1.807) is 25.1 Å². The van der Waals surface area contributed by atoms with Crippen molar-refractivity contribution < 1.29 is 13.7 Å². The number of nitrogens with zero attached hydrogens (tertiary/aromatic N) is 4. The monoisotopic (exact) mass is 393 g/mol. The van der Waals surface area contributed by atoms with Gasteiger partial charge in [-0.1, -0.05) is 5.16 Å². The van der Waals surface area contributed by atoms with Crippen molar-refractivity contribution in [3.63, 3.8) is 0 Å². The molecule has 0 spiro atoms. The Balaban J connectivity index is 1.62. The van der Waals surface area contributed by atoms with Crippen molar-refractivity contribution in [2.75, 3.05) is 6.54 Å². The molecule has 0 aliphatic heterocycles. The molecule has 1 aromatic carbocycles. The Kier molecular flexibility index (Phi) is 4.84. The first-order chi connectivity index (χ1) is 13.9. The van der Waals surface area contributed by atoms with Crippen LogP contribution < -0.4 is 5.32 Å². The number of nitrogens with one attached hydrogen (secondary N) is 1. The number of hydrogen-bond donors (Lipinski definition) is 1. The van der Waals surface area contributed by atoms with Gasteiger partial charge in [0.1, 0.15) is 5.82 Å². The summed E-state index contributed by atoms with van der Waals surface area (Å²) in [5.41, 5.74) is 4.44. The third-order valence-corrected chi connectivity index (χ3v) is 4.71. The van der Waals surface area contributed by atoms with Crippen LogP contribution >= 0.6 is 0 Å². The van der Waals surface area contributed by atoms with E-state index >= 15 is 0 Å². The molecule has 8 heteroatoms. The molecule has 0 aliphatic carbocycles. The van der Waals surface area contributed by atoms with E-state index in [2.05, 4.69) is 20.6 Å². The number of pyridine rings is 1. The highest BCUT2D eigenvalue weighted by Gasteiger charge is 2.19. The Hall–Kier alpha value is -3.55. The fraction of sp³-hybridized carbons (Fsp3) is 0.238. The predicted molar refractivity (Wildman–Crippen MR) is 106 cm³/mol. The Morgan fingerprint density at radius 2 is 1.93 bits per heavy atom. The van der Waals surface area contributed by atoms with Gasteiger partial charge in [-0.05, 0) is 57.2 Å². The maximum absolute atomic E-state index is 13.3. The van der Waals surface area contributed by atoms with Crippen LogP contribution in [0.1, 0.15) is 27.4 Å². The molecule has 0 fully saturated rings. The summed E-state index contributed by atoms with van der Waals surface area (Å²) >= 11 is 0. The van der Waals surface area contributed by atoms with Crippen molar-refractivity contribution in [3.8, 4) is 11.3 Å². The standard InChI is InChI=1S/C21H20FN5O2/c1-12-10-13(2)27(25-12)9-8-23-20(28)17-11-18(15-4-6-16(22)7-5-15)24-21-19(17)14(3)26-29-21/h4-7,10-11H,8-9H2,1-3H3,(H,23,28). The van der Waals surface area contributed by atoms with E-state index in [0.717, 1.165) is 11.4 Å². The number of hydrogen-bond acceptors (Lipinski definition) is 5. The largest absolute Gasteiger partial charge is 0.350 e. The summed E-state index contributed by atoms with van der Waals surface area (Å²) in [5, 5.41) is 11.8. The van der Waals surface area contributed by atoms with Crippen LogP contribution in [0.5, 0.6) is 0 Å². The molecule has 0 atom stereocenters. The molecule has 1 N–H and O–H groups in total. The van der Waals surface area contributed by atoms with E-state index in [9.17, 15) is 9.18 Å². The Labute approximate surface area is 166 Å². The zero-order valence-electron chi connectivity index (χ0n) is 16.4. The van der Waals surface area contributed by atoms with Crippen LogP contribution in [-0.4, -0.2) is 32.4 Å². The maximum atomic E-state index is 13.3. The van der Waals surface area contributed by atoms with E-state index in [1.165, 1.54) is 12.1 Å². The molecule has 3 aromatic heterocycles. The molecule has 0 bridgehead atoms. The number of carbonyl (C=O) groups is 1. The first-order valence-electron chi connectivity index (χ1n) is 9.24. The lowest BCUT2D eigenvalue weighted by atomic mass is 10.1. The number of carbonyl (C=O) groups excluding carboxylic acids is 1. The molecule has 1 amide bonds. The van der Waals surface area contributed by atoms with Crippen LogP contribution in [0, 0.1) is 26.6 Å². The smallest absolute Gasteiger partial charge is 0.259 e. The average Bonchev–Trinajstić information content (AvgIpc) is 3.23. The Morgan fingerprint density at radius 3 is 2.62 bits per heavy atom. The zero-order valence-corrected chi connectivity index (χ0v) is 16.4. The fourth-order valence-corrected chi connectivity index (χ4v) is 3.31. The van der Waals surface area contributed by atoms with Crippen molar-refractivity contribution in [1.29, 1.82) is 0 Å². The third kappa shape index (κ3) is 3.73. The van der Waals surface area contributed by atoms with Gasteiger partial charge in [-0.3, -0.25) is 9.48 Å². The highest BCUT2D eigenvalue weighted by atomic mass is 19.1. The van der Waals surface area contributed by atoms with Gasteiger partial charge in [0.05, 0.1) is 34.6 Å². The summed E-state index contributed by atoms with van der Waals surface area (Å²) in [7, 11) is 0. The van der Waals surface area contributed by atoms with Gasteiger partial charge < -0.3 is 9.84 Å². The van der Waals surface area contributed by atoms with Gasteiger partial charge in [-0.25, -0.2) is 9.37 Å². The van der Waals surface area contributed by atoms with Crippen molar-refractivity contribution in [1.82, 2.24) is 25.2 Å². The maximum Gasteiger partial charge on any atom is 0.259 e. The van der Waals surface area contributed by atoms with Crippen LogP contribution in [0.2, 0.25) is 0 Å². The minimum atomic E-state index is -0.340. The normalized spacial score (nSPS) is 11.2. The van der Waals surface area contributed by atoms with Crippen LogP contribution in [0.25, 0.3) is 22.4 Å². The molecule has 29 heavy (non-hydrogen) atoms. The van der Waals surface area contributed by atoms with E-state index in [-0.39, 0.29) is 17.4 Å². The van der Waals surface area contributed by atoms with Crippen LogP contribution in [0.3, 0.4) is 0 Å². The van der Waals surface area contributed by atoms with Gasteiger partial charge in [-0.2, -0.15) is 5.10 Å². The number of rotatable bonds is 5. The predicted octanol–water partition coefficient (Wildman–Crippen LogP) is 3.58.